The van der Waals surface area contributed by atoms with Crippen LogP contribution < -0.4 is 4.74 Å². The summed E-state index contributed by atoms with van der Waals surface area (Å²) >= 11 is 6.31. The average Bonchev–Trinajstić information content (AvgIpc) is 2.99. The van der Waals surface area contributed by atoms with E-state index >= 15 is 0 Å². The summed E-state index contributed by atoms with van der Waals surface area (Å²) in [5, 5.41) is 9.12. The van der Waals surface area contributed by atoms with Crippen LogP contribution in [-0.2, 0) is 29.2 Å². The molecular weight excluding hydrogens is 630 g/mol. The smallest absolute Gasteiger partial charge is 0.417 e. The summed E-state index contributed by atoms with van der Waals surface area (Å²) in [7, 11) is -3.85. The maximum absolute atomic E-state index is 14.6. The highest BCUT2D eigenvalue weighted by Gasteiger charge is 2.34. The molecule has 0 amide bonds. The molecule has 0 spiro atoms. The molecule has 11 heteroatoms. The number of aliphatic hydroxyl groups excluding tert-OH is 1. The normalized spacial score (nSPS) is 12.9. The minimum absolute atomic E-state index is 0.0174. The first-order chi connectivity index (χ1) is 21.3. The highest BCUT2D eigenvalue weighted by molar-refractivity contribution is 7.90. The fraction of sp³-hybridized carbons (Fsp3) is 0.294. The fourth-order valence-electron chi connectivity index (χ4n) is 5.23. The number of alkyl halides is 3. The van der Waals surface area contributed by atoms with Gasteiger partial charge in [-0.05, 0) is 42.2 Å². The van der Waals surface area contributed by atoms with E-state index in [1.165, 1.54) is 12.1 Å². The van der Waals surface area contributed by atoms with Crippen LogP contribution in [0, 0.1) is 5.82 Å². The molecule has 4 rings (SSSR count). The summed E-state index contributed by atoms with van der Waals surface area (Å²) < 4.78 is 85.8. The molecule has 4 aromatic carbocycles. The predicted octanol–water partition coefficient (Wildman–Crippen LogP) is 7.89. The second-order valence-electron chi connectivity index (χ2n) is 10.9. The molecule has 1 N–H and O–H groups in total. The molecule has 0 unspecified atom stereocenters. The summed E-state index contributed by atoms with van der Waals surface area (Å²) in [4.78, 5) is 1.68. The van der Waals surface area contributed by atoms with Gasteiger partial charge in [0.15, 0.2) is 9.84 Å². The summed E-state index contributed by atoms with van der Waals surface area (Å²) in [6, 6.07) is 25.4. The Balaban J connectivity index is 1.63. The monoisotopic (exact) mass is 663 g/mol. The third-order valence-corrected chi connectivity index (χ3v) is 9.30. The first-order valence-electron chi connectivity index (χ1n) is 14.2. The fourth-order valence-corrected chi connectivity index (χ4v) is 6.47. The molecule has 5 nitrogen and oxygen atoms in total. The van der Waals surface area contributed by atoms with Crippen molar-refractivity contribution in [2.24, 2.45) is 0 Å². The third-order valence-electron chi connectivity index (χ3n) is 7.69. The van der Waals surface area contributed by atoms with Gasteiger partial charge in [-0.2, -0.15) is 13.2 Å². The molecule has 0 heterocycles. The van der Waals surface area contributed by atoms with Gasteiger partial charge >= 0.3 is 6.18 Å². The van der Waals surface area contributed by atoms with E-state index in [0.717, 1.165) is 29.5 Å². The lowest BCUT2D eigenvalue weighted by molar-refractivity contribution is -0.137. The molecule has 0 aliphatic rings. The highest BCUT2D eigenvalue weighted by atomic mass is 35.5. The Kier molecular flexibility index (Phi) is 11.3. The Labute approximate surface area is 266 Å². The number of sulfone groups is 1. The molecule has 4 aromatic rings. The largest absolute Gasteiger partial charge is 0.493 e. The van der Waals surface area contributed by atoms with Gasteiger partial charge in [-0.3, -0.25) is 4.90 Å². The summed E-state index contributed by atoms with van der Waals surface area (Å²) in [5.41, 5.74) is 1.13. The van der Waals surface area contributed by atoms with Crippen LogP contribution in [0.3, 0.4) is 0 Å². The van der Waals surface area contributed by atoms with E-state index in [9.17, 15) is 31.1 Å². The van der Waals surface area contributed by atoms with E-state index in [4.69, 9.17) is 16.3 Å². The van der Waals surface area contributed by atoms with Crippen molar-refractivity contribution in [3.8, 4) is 5.75 Å². The number of hydrogen-bond donors (Lipinski definition) is 1. The van der Waals surface area contributed by atoms with Crippen LogP contribution in [-0.4, -0.2) is 43.9 Å². The van der Waals surface area contributed by atoms with Crippen molar-refractivity contribution in [2.45, 2.75) is 49.5 Å². The molecule has 1 atom stereocenters. The van der Waals surface area contributed by atoms with Gasteiger partial charge in [0.05, 0.1) is 28.7 Å². The molecule has 0 aliphatic carbocycles. The molecule has 0 saturated heterocycles. The quantitative estimate of drug-likeness (QED) is 0.147. The van der Waals surface area contributed by atoms with Gasteiger partial charge in [0, 0.05) is 42.9 Å². The van der Waals surface area contributed by atoms with Gasteiger partial charge in [-0.15, -0.1) is 0 Å². The summed E-state index contributed by atoms with van der Waals surface area (Å²) in [6.07, 6.45) is -3.33. The second kappa shape index (κ2) is 14.8. The lowest BCUT2D eigenvalue weighted by Gasteiger charge is -2.34. The Morgan fingerprint density at radius 2 is 1.53 bits per heavy atom. The number of aliphatic hydroxyl groups is 1. The zero-order valence-corrected chi connectivity index (χ0v) is 26.3. The molecular formula is C34H34ClF4NO4S. The Bertz CT molecular complexity index is 1650. The van der Waals surface area contributed by atoms with E-state index in [-0.39, 0.29) is 46.3 Å². The van der Waals surface area contributed by atoms with Crippen LogP contribution in [0.4, 0.5) is 17.6 Å². The van der Waals surface area contributed by atoms with Crippen LogP contribution in [0.15, 0.2) is 95.9 Å². The van der Waals surface area contributed by atoms with Crippen molar-refractivity contribution in [3.63, 3.8) is 0 Å². The van der Waals surface area contributed by atoms with Crippen LogP contribution in [0.2, 0.25) is 5.02 Å². The van der Waals surface area contributed by atoms with Crippen molar-refractivity contribution < 1.29 is 35.8 Å². The number of hydrogen-bond acceptors (Lipinski definition) is 5. The van der Waals surface area contributed by atoms with E-state index in [1.54, 1.807) is 6.07 Å². The molecule has 240 valence electrons. The van der Waals surface area contributed by atoms with Crippen LogP contribution in [0.25, 0.3) is 0 Å². The Morgan fingerprint density at radius 3 is 2.07 bits per heavy atom. The van der Waals surface area contributed by atoms with E-state index in [2.05, 4.69) is 0 Å². The second-order valence-corrected chi connectivity index (χ2v) is 13.2. The van der Waals surface area contributed by atoms with Gasteiger partial charge in [0.2, 0.25) is 0 Å². The van der Waals surface area contributed by atoms with E-state index in [0.29, 0.717) is 18.5 Å². The number of benzene rings is 4. The maximum atomic E-state index is 14.6. The lowest BCUT2D eigenvalue weighted by atomic mass is 9.90. The minimum Gasteiger partial charge on any atom is -0.493 e. The van der Waals surface area contributed by atoms with E-state index < -0.39 is 34.0 Å². The van der Waals surface area contributed by atoms with Gasteiger partial charge in [-0.25, -0.2) is 12.8 Å². The van der Waals surface area contributed by atoms with Gasteiger partial charge in [0.25, 0.3) is 0 Å². The first-order valence-corrected chi connectivity index (χ1v) is 16.5. The van der Waals surface area contributed by atoms with Gasteiger partial charge in [-0.1, -0.05) is 84.4 Å². The average molecular weight is 664 g/mol. The molecule has 0 aliphatic heterocycles. The SMILES string of the molecule is C[C@H](CCOc1cc(F)c(CO)c(S(C)(=O)=O)c1)N(Cc1cccc(C(F)(F)F)c1Cl)CC(c1ccccc1)c1ccccc1. The maximum Gasteiger partial charge on any atom is 0.417 e. The van der Waals surface area contributed by atoms with Gasteiger partial charge < -0.3 is 9.84 Å². The standard InChI is InChI=1S/C34H34ClF4NO4S/c1-23(16-17-44-27-18-31(36)29(22-41)32(19-27)45(2,42)43)40(20-26-14-9-15-30(33(26)35)34(37,38)39)21-28(24-10-5-3-6-11-24)25-12-7-4-8-13-25/h3-15,18-19,23,28,41H,16-17,20-22H2,1-2H3/t23-/m1/s1. The Morgan fingerprint density at radius 1 is 0.933 bits per heavy atom. The predicted molar refractivity (Wildman–Crippen MR) is 167 cm³/mol. The lowest BCUT2D eigenvalue weighted by Crippen LogP contribution is -2.37. The van der Waals surface area contributed by atoms with Crippen LogP contribution >= 0.6 is 11.6 Å². The third kappa shape index (κ3) is 8.85. The zero-order valence-electron chi connectivity index (χ0n) is 24.8. The summed E-state index contributed by atoms with van der Waals surface area (Å²) in [5.74, 6) is -1.05. The van der Waals surface area contributed by atoms with Crippen molar-refractivity contribution in [1.82, 2.24) is 4.90 Å². The van der Waals surface area contributed by atoms with Crippen molar-refractivity contribution in [2.75, 3.05) is 19.4 Å². The molecule has 0 radical (unpaired) electrons. The van der Waals surface area contributed by atoms with Crippen LogP contribution in [0.1, 0.15) is 47.1 Å². The molecule has 0 fully saturated rings. The molecule has 0 bridgehead atoms. The highest BCUT2D eigenvalue weighted by Crippen LogP contribution is 2.37. The molecule has 0 saturated carbocycles. The first kappa shape index (κ1) is 34.4. The number of nitrogens with zero attached hydrogens (tertiary/aromatic N) is 1. The number of rotatable bonds is 13. The van der Waals surface area contributed by atoms with Gasteiger partial charge in [0.1, 0.15) is 11.6 Å². The molecule has 0 aromatic heterocycles. The van der Waals surface area contributed by atoms with Crippen molar-refractivity contribution in [3.05, 3.63) is 130 Å². The number of halogens is 5. The zero-order chi connectivity index (χ0) is 32.8. The minimum atomic E-state index is -4.61. The summed E-state index contributed by atoms with van der Waals surface area (Å²) in [6.45, 7) is 1.71. The van der Waals surface area contributed by atoms with Crippen LogP contribution in [0.5, 0.6) is 5.75 Å². The van der Waals surface area contributed by atoms with Crippen molar-refractivity contribution >= 4 is 21.4 Å². The Hall–Kier alpha value is -3.44. The van der Waals surface area contributed by atoms with E-state index in [1.807, 2.05) is 72.5 Å². The number of ether oxygens (including phenoxy) is 1. The topological polar surface area (TPSA) is 66.8 Å². The van der Waals surface area contributed by atoms with Crippen molar-refractivity contribution in [1.29, 1.82) is 0 Å². The molecule has 45 heavy (non-hydrogen) atoms.